The van der Waals surface area contributed by atoms with Crippen LogP contribution in [-0.4, -0.2) is 19.7 Å². The summed E-state index contributed by atoms with van der Waals surface area (Å²) in [5.41, 5.74) is 2.21. The van der Waals surface area contributed by atoms with Gasteiger partial charge < -0.3 is 5.32 Å². The van der Waals surface area contributed by atoms with Gasteiger partial charge in [-0.25, -0.2) is 10.3 Å². The molecular formula is C11H24N2O2. The van der Waals surface area contributed by atoms with Crippen molar-refractivity contribution in [3.8, 4) is 0 Å². The second-order valence-corrected chi connectivity index (χ2v) is 3.68. The minimum atomic E-state index is -0.261. The molecule has 0 rings (SSSR count). The van der Waals surface area contributed by atoms with E-state index in [1.165, 1.54) is 45.6 Å². The van der Waals surface area contributed by atoms with E-state index in [0.29, 0.717) is 0 Å². The Labute approximate surface area is 92.7 Å². The van der Waals surface area contributed by atoms with Crippen LogP contribution in [0.25, 0.3) is 0 Å². The zero-order valence-corrected chi connectivity index (χ0v) is 9.97. The Kier molecular flexibility index (Phi) is 10.7. The van der Waals surface area contributed by atoms with Gasteiger partial charge in [0.15, 0.2) is 0 Å². The van der Waals surface area contributed by atoms with E-state index in [0.717, 1.165) is 13.0 Å². The monoisotopic (exact) mass is 216 g/mol. The summed E-state index contributed by atoms with van der Waals surface area (Å²) in [6, 6.07) is -0.261. The minimum Gasteiger partial charge on any atom is -0.336 e. The molecule has 0 saturated heterocycles. The van der Waals surface area contributed by atoms with Crippen LogP contribution >= 0.6 is 0 Å². The van der Waals surface area contributed by atoms with Crippen LogP contribution in [-0.2, 0) is 4.84 Å². The number of urea groups is 1. The summed E-state index contributed by atoms with van der Waals surface area (Å²) in [4.78, 5) is 15.3. The van der Waals surface area contributed by atoms with Gasteiger partial charge in [0.2, 0.25) is 0 Å². The number of hydroxylamine groups is 1. The van der Waals surface area contributed by atoms with Crippen LogP contribution in [0.3, 0.4) is 0 Å². The first kappa shape index (κ1) is 14.2. The molecule has 90 valence electrons. The number of rotatable bonds is 9. The first-order valence-electron chi connectivity index (χ1n) is 5.88. The number of hydrogen-bond donors (Lipinski definition) is 2. The van der Waals surface area contributed by atoms with Gasteiger partial charge in [0.25, 0.3) is 0 Å². The Bertz CT molecular complexity index is 152. The molecule has 0 aliphatic heterocycles. The van der Waals surface area contributed by atoms with E-state index in [1.807, 2.05) is 0 Å². The molecule has 0 bridgehead atoms. The van der Waals surface area contributed by atoms with Gasteiger partial charge in [0, 0.05) is 6.54 Å². The Balaban J connectivity index is 3.01. The van der Waals surface area contributed by atoms with Gasteiger partial charge in [0.05, 0.1) is 7.11 Å². The third kappa shape index (κ3) is 11.2. The van der Waals surface area contributed by atoms with E-state index in [-0.39, 0.29) is 6.03 Å². The average Bonchev–Trinajstić information content (AvgIpc) is 2.22. The van der Waals surface area contributed by atoms with E-state index in [4.69, 9.17) is 0 Å². The van der Waals surface area contributed by atoms with Crippen LogP contribution in [0.15, 0.2) is 0 Å². The predicted molar refractivity (Wildman–Crippen MR) is 61.5 cm³/mol. The smallest absolute Gasteiger partial charge is 0.336 e. The van der Waals surface area contributed by atoms with Crippen molar-refractivity contribution in [2.45, 2.75) is 51.9 Å². The molecule has 0 aromatic carbocycles. The molecule has 2 N–H and O–H groups in total. The summed E-state index contributed by atoms with van der Waals surface area (Å²) in [7, 11) is 1.42. The van der Waals surface area contributed by atoms with Gasteiger partial charge in [-0.05, 0) is 6.42 Å². The van der Waals surface area contributed by atoms with Crippen molar-refractivity contribution in [2.24, 2.45) is 0 Å². The highest BCUT2D eigenvalue weighted by molar-refractivity contribution is 5.72. The second kappa shape index (κ2) is 11.3. The Morgan fingerprint density at radius 3 is 2.27 bits per heavy atom. The number of carbonyl (C=O) groups excluding carboxylic acids is 1. The number of unbranched alkanes of at least 4 members (excludes halogenated alkanes) is 6. The van der Waals surface area contributed by atoms with Gasteiger partial charge in [-0.15, -0.1) is 0 Å². The summed E-state index contributed by atoms with van der Waals surface area (Å²) in [6.45, 7) is 2.95. The summed E-state index contributed by atoms with van der Waals surface area (Å²) in [5, 5.41) is 2.71. The van der Waals surface area contributed by atoms with E-state index >= 15 is 0 Å². The quantitative estimate of drug-likeness (QED) is 0.460. The maximum atomic E-state index is 10.9. The van der Waals surface area contributed by atoms with Crippen LogP contribution in [0, 0.1) is 0 Å². The maximum Gasteiger partial charge on any atom is 0.338 e. The first-order valence-corrected chi connectivity index (χ1v) is 5.88. The fraction of sp³-hybridized carbons (Fsp3) is 0.909. The van der Waals surface area contributed by atoms with Gasteiger partial charge in [-0.1, -0.05) is 45.4 Å². The zero-order chi connectivity index (χ0) is 11.4. The second-order valence-electron chi connectivity index (χ2n) is 3.68. The molecule has 0 aliphatic rings. The highest BCUT2D eigenvalue weighted by atomic mass is 16.6. The van der Waals surface area contributed by atoms with E-state index in [1.54, 1.807) is 0 Å². The molecule has 0 aromatic heterocycles. The topological polar surface area (TPSA) is 50.4 Å². The highest BCUT2D eigenvalue weighted by Crippen LogP contribution is 2.06. The third-order valence-corrected chi connectivity index (χ3v) is 2.26. The first-order chi connectivity index (χ1) is 7.31. The Morgan fingerprint density at radius 2 is 1.67 bits per heavy atom. The lowest BCUT2D eigenvalue weighted by molar-refractivity contribution is 0.107. The molecule has 0 unspecified atom stereocenters. The van der Waals surface area contributed by atoms with Crippen molar-refractivity contribution in [3.63, 3.8) is 0 Å². The van der Waals surface area contributed by atoms with E-state index in [9.17, 15) is 4.79 Å². The standard InChI is InChI=1S/C11H24N2O2/c1-3-4-5-6-7-8-9-10-12-11(14)13-15-2/h3-10H2,1-2H3,(H2,12,13,14). The summed E-state index contributed by atoms with van der Waals surface area (Å²) in [5.74, 6) is 0. The lowest BCUT2D eigenvalue weighted by atomic mass is 10.1. The molecule has 0 heterocycles. The molecule has 4 nitrogen and oxygen atoms in total. The van der Waals surface area contributed by atoms with Crippen LogP contribution in [0.5, 0.6) is 0 Å². The van der Waals surface area contributed by atoms with Crippen molar-refractivity contribution < 1.29 is 9.63 Å². The number of hydrogen-bond acceptors (Lipinski definition) is 2. The molecule has 15 heavy (non-hydrogen) atoms. The number of amides is 2. The molecule has 0 aliphatic carbocycles. The molecular weight excluding hydrogens is 192 g/mol. The van der Waals surface area contributed by atoms with Gasteiger partial charge in [0.1, 0.15) is 0 Å². The largest absolute Gasteiger partial charge is 0.338 e. The molecule has 0 saturated carbocycles. The van der Waals surface area contributed by atoms with Gasteiger partial charge in [-0.3, -0.25) is 4.84 Å². The summed E-state index contributed by atoms with van der Waals surface area (Å²) >= 11 is 0. The van der Waals surface area contributed by atoms with Crippen LogP contribution in [0.2, 0.25) is 0 Å². The highest BCUT2D eigenvalue weighted by Gasteiger charge is 1.96. The summed E-state index contributed by atoms with van der Waals surface area (Å²) in [6.07, 6.45) is 8.80. The molecule has 2 amide bonds. The normalized spacial score (nSPS) is 10.0. The SMILES string of the molecule is CCCCCCCCCNC(=O)NOC. The fourth-order valence-corrected chi connectivity index (χ4v) is 1.41. The van der Waals surface area contributed by atoms with Crippen LogP contribution in [0.1, 0.15) is 51.9 Å². The van der Waals surface area contributed by atoms with Crippen molar-refractivity contribution in [2.75, 3.05) is 13.7 Å². The Hall–Kier alpha value is -0.770. The molecule has 0 fully saturated rings. The molecule has 0 radical (unpaired) electrons. The molecule has 4 heteroatoms. The van der Waals surface area contributed by atoms with Crippen molar-refractivity contribution in [1.29, 1.82) is 0 Å². The van der Waals surface area contributed by atoms with Crippen molar-refractivity contribution in [3.05, 3.63) is 0 Å². The lowest BCUT2D eigenvalue weighted by Gasteiger charge is -2.05. The van der Waals surface area contributed by atoms with Crippen molar-refractivity contribution in [1.82, 2.24) is 10.8 Å². The van der Waals surface area contributed by atoms with Gasteiger partial charge >= 0.3 is 6.03 Å². The van der Waals surface area contributed by atoms with E-state index < -0.39 is 0 Å². The zero-order valence-electron chi connectivity index (χ0n) is 9.97. The molecule has 0 spiro atoms. The minimum absolute atomic E-state index is 0.261. The van der Waals surface area contributed by atoms with Crippen LogP contribution < -0.4 is 10.8 Å². The van der Waals surface area contributed by atoms with E-state index in [2.05, 4.69) is 22.6 Å². The fourth-order valence-electron chi connectivity index (χ4n) is 1.41. The lowest BCUT2D eigenvalue weighted by Crippen LogP contribution is -2.35. The maximum absolute atomic E-state index is 10.9. The van der Waals surface area contributed by atoms with Crippen LogP contribution in [0.4, 0.5) is 4.79 Å². The molecule has 0 atom stereocenters. The number of nitrogens with one attached hydrogen (secondary N) is 2. The third-order valence-electron chi connectivity index (χ3n) is 2.26. The Morgan fingerprint density at radius 1 is 1.07 bits per heavy atom. The molecule has 0 aromatic rings. The average molecular weight is 216 g/mol. The predicted octanol–water partition coefficient (Wildman–Crippen LogP) is 2.60. The van der Waals surface area contributed by atoms with Crippen molar-refractivity contribution >= 4 is 6.03 Å². The summed E-state index contributed by atoms with van der Waals surface area (Å²) < 4.78 is 0. The van der Waals surface area contributed by atoms with Gasteiger partial charge in [-0.2, -0.15) is 0 Å². The number of carbonyl (C=O) groups is 1.